The fraction of sp³-hybridized carbons (Fsp3) is 0.333. The Morgan fingerprint density at radius 1 is 0.923 bits per heavy atom. The zero-order chi connectivity index (χ0) is 26.9. The summed E-state index contributed by atoms with van der Waals surface area (Å²) in [6.45, 7) is 7.59. The highest BCUT2D eigenvalue weighted by molar-refractivity contribution is 7.10. The van der Waals surface area contributed by atoms with Crippen LogP contribution in [0, 0.1) is 6.92 Å². The number of amides is 2. The fourth-order valence-corrected chi connectivity index (χ4v) is 7.02. The normalized spacial score (nSPS) is 19.7. The first-order chi connectivity index (χ1) is 19.0. The Hall–Kier alpha value is -3.48. The Morgan fingerprint density at radius 2 is 1.72 bits per heavy atom. The fourth-order valence-electron chi connectivity index (χ4n) is 6.12. The van der Waals surface area contributed by atoms with E-state index in [1.165, 1.54) is 21.6 Å². The minimum absolute atomic E-state index is 0.0228. The minimum atomic E-state index is -0.0228. The van der Waals surface area contributed by atoms with Crippen molar-refractivity contribution in [3.63, 3.8) is 0 Å². The van der Waals surface area contributed by atoms with Gasteiger partial charge in [-0.05, 0) is 65.7 Å². The van der Waals surface area contributed by atoms with Crippen molar-refractivity contribution in [3.8, 4) is 0 Å². The van der Waals surface area contributed by atoms with Gasteiger partial charge in [0.1, 0.15) is 0 Å². The topological polar surface area (TPSA) is 43.9 Å². The summed E-state index contributed by atoms with van der Waals surface area (Å²) in [5, 5.41) is 4.40. The molecule has 6 rings (SSSR count). The summed E-state index contributed by atoms with van der Waals surface area (Å²) < 4.78 is 0. The zero-order valence-electron chi connectivity index (χ0n) is 22.7. The third-order valence-corrected chi connectivity index (χ3v) is 9.31. The standard InChI is InChI=1S/C33H35N3O2S/c1-23-7-9-26(10-8-23)32-29-15-20-39-30(29)13-16-34(32)17-14-31(37)35-18-19-36(24(2)22-35)33(38)28-12-11-25-5-3-4-6-27(25)21-28/h3-12,15,20-21,24,32H,13-14,16-19,22H2,1-2H3. The van der Waals surface area contributed by atoms with Crippen LogP contribution in [0.25, 0.3) is 10.8 Å². The Kier molecular flexibility index (Phi) is 7.24. The maximum absolute atomic E-state index is 13.4. The summed E-state index contributed by atoms with van der Waals surface area (Å²) in [4.78, 5) is 34.5. The smallest absolute Gasteiger partial charge is 0.254 e. The SMILES string of the molecule is Cc1ccc(C2c3ccsc3CCN2CCC(=O)N2CCN(C(=O)c3ccc4ccccc4c3)C(C)C2)cc1. The molecule has 200 valence electrons. The molecule has 4 aromatic rings. The first-order valence-corrected chi connectivity index (χ1v) is 14.8. The summed E-state index contributed by atoms with van der Waals surface area (Å²) >= 11 is 1.84. The van der Waals surface area contributed by atoms with E-state index in [1.54, 1.807) is 0 Å². The third kappa shape index (κ3) is 5.23. The van der Waals surface area contributed by atoms with Crippen LogP contribution in [0.2, 0.25) is 0 Å². The molecule has 1 aromatic heterocycles. The molecular formula is C33H35N3O2S. The summed E-state index contributed by atoms with van der Waals surface area (Å²) in [7, 11) is 0. The number of hydrogen-bond donors (Lipinski definition) is 0. The van der Waals surface area contributed by atoms with Gasteiger partial charge in [-0.2, -0.15) is 0 Å². The number of piperazine rings is 1. The predicted molar refractivity (Wildman–Crippen MR) is 158 cm³/mol. The van der Waals surface area contributed by atoms with E-state index in [-0.39, 0.29) is 23.9 Å². The number of thiophene rings is 1. The molecule has 3 aromatic carbocycles. The van der Waals surface area contributed by atoms with E-state index in [4.69, 9.17) is 0 Å². The quantitative estimate of drug-likeness (QED) is 0.317. The van der Waals surface area contributed by atoms with E-state index in [1.807, 2.05) is 57.5 Å². The van der Waals surface area contributed by atoms with Crippen LogP contribution >= 0.6 is 11.3 Å². The number of benzene rings is 3. The summed E-state index contributed by atoms with van der Waals surface area (Å²) in [6.07, 6.45) is 1.53. The van der Waals surface area contributed by atoms with Crippen molar-refractivity contribution < 1.29 is 9.59 Å². The van der Waals surface area contributed by atoms with E-state index >= 15 is 0 Å². The van der Waals surface area contributed by atoms with Gasteiger partial charge in [0, 0.05) is 55.6 Å². The highest BCUT2D eigenvalue weighted by Crippen LogP contribution is 2.38. The summed E-state index contributed by atoms with van der Waals surface area (Å²) in [6, 6.07) is 25.3. The van der Waals surface area contributed by atoms with Crippen LogP contribution in [0.3, 0.4) is 0 Å². The lowest BCUT2D eigenvalue weighted by atomic mass is 9.92. The van der Waals surface area contributed by atoms with Crippen LogP contribution in [-0.2, 0) is 11.2 Å². The molecule has 2 aliphatic rings. The molecule has 3 heterocycles. The van der Waals surface area contributed by atoms with Crippen molar-refractivity contribution in [2.45, 2.75) is 38.8 Å². The Bertz CT molecular complexity index is 1490. The Morgan fingerprint density at radius 3 is 2.51 bits per heavy atom. The zero-order valence-corrected chi connectivity index (χ0v) is 23.5. The van der Waals surface area contributed by atoms with Gasteiger partial charge in [0.05, 0.1) is 6.04 Å². The molecule has 0 radical (unpaired) electrons. The molecule has 0 bridgehead atoms. The average molecular weight is 538 g/mol. The summed E-state index contributed by atoms with van der Waals surface area (Å²) in [5.74, 6) is 0.222. The molecule has 2 unspecified atom stereocenters. The van der Waals surface area contributed by atoms with Crippen molar-refractivity contribution in [2.24, 2.45) is 0 Å². The van der Waals surface area contributed by atoms with Crippen LogP contribution in [0.1, 0.15) is 51.3 Å². The maximum atomic E-state index is 13.4. The van der Waals surface area contributed by atoms with E-state index in [2.05, 4.69) is 60.5 Å². The third-order valence-electron chi connectivity index (χ3n) is 8.31. The number of nitrogens with zero attached hydrogens (tertiary/aromatic N) is 3. The van der Waals surface area contributed by atoms with Crippen LogP contribution in [0.15, 0.2) is 78.2 Å². The lowest BCUT2D eigenvalue weighted by Gasteiger charge is -2.41. The number of rotatable bonds is 5. The van der Waals surface area contributed by atoms with Crippen molar-refractivity contribution in [2.75, 3.05) is 32.7 Å². The van der Waals surface area contributed by atoms with Crippen LogP contribution < -0.4 is 0 Å². The van der Waals surface area contributed by atoms with Gasteiger partial charge in [-0.25, -0.2) is 0 Å². The van der Waals surface area contributed by atoms with Gasteiger partial charge in [-0.3, -0.25) is 14.5 Å². The lowest BCUT2D eigenvalue weighted by Crippen LogP contribution is -2.55. The number of carbonyl (C=O) groups excluding carboxylic acids is 2. The van der Waals surface area contributed by atoms with Crippen molar-refractivity contribution in [3.05, 3.63) is 105 Å². The number of fused-ring (bicyclic) bond motifs is 2. The Labute approximate surface area is 234 Å². The number of aryl methyl sites for hydroxylation is 1. The largest absolute Gasteiger partial charge is 0.339 e. The van der Waals surface area contributed by atoms with Gasteiger partial charge >= 0.3 is 0 Å². The van der Waals surface area contributed by atoms with Gasteiger partial charge < -0.3 is 9.80 Å². The van der Waals surface area contributed by atoms with Crippen molar-refractivity contribution >= 4 is 33.9 Å². The van der Waals surface area contributed by atoms with Crippen LogP contribution in [-0.4, -0.2) is 65.3 Å². The van der Waals surface area contributed by atoms with E-state index < -0.39 is 0 Å². The maximum Gasteiger partial charge on any atom is 0.254 e. The molecule has 2 amide bonds. The second-order valence-corrected chi connectivity index (χ2v) is 11.9. The molecule has 0 N–H and O–H groups in total. The molecule has 1 fully saturated rings. The highest BCUT2D eigenvalue weighted by Gasteiger charge is 2.33. The molecule has 1 saturated heterocycles. The Balaban J connectivity index is 1.09. The second kappa shape index (κ2) is 10.9. The van der Waals surface area contributed by atoms with Gasteiger partial charge in [-0.1, -0.05) is 60.2 Å². The predicted octanol–water partition coefficient (Wildman–Crippen LogP) is 5.92. The molecule has 0 spiro atoms. The first-order valence-electron chi connectivity index (χ1n) is 13.9. The monoisotopic (exact) mass is 537 g/mol. The molecular weight excluding hydrogens is 502 g/mol. The highest BCUT2D eigenvalue weighted by atomic mass is 32.1. The molecule has 2 atom stereocenters. The lowest BCUT2D eigenvalue weighted by molar-refractivity contribution is -0.134. The minimum Gasteiger partial charge on any atom is -0.339 e. The van der Waals surface area contributed by atoms with E-state index in [0.717, 1.165) is 30.3 Å². The van der Waals surface area contributed by atoms with E-state index in [9.17, 15) is 9.59 Å². The van der Waals surface area contributed by atoms with Crippen LogP contribution in [0.4, 0.5) is 0 Å². The van der Waals surface area contributed by atoms with Crippen molar-refractivity contribution in [1.29, 1.82) is 0 Å². The summed E-state index contributed by atoms with van der Waals surface area (Å²) in [5.41, 5.74) is 4.65. The molecule has 0 aliphatic carbocycles. The van der Waals surface area contributed by atoms with E-state index in [0.29, 0.717) is 31.6 Å². The van der Waals surface area contributed by atoms with Gasteiger partial charge in [0.15, 0.2) is 0 Å². The molecule has 2 aliphatic heterocycles. The molecule has 0 saturated carbocycles. The molecule has 6 heteroatoms. The molecule has 39 heavy (non-hydrogen) atoms. The number of hydrogen-bond acceptors (Lipinski definition) is 4. The average Bonchev–Trinajstić information content (AvgIpc) is 3.44. The van der Waals surface area contributed by atoms with Gasteiger partial charge in [-0.15, -0.1) is 11.3 Å². The van der Waals surface area contributed by atoms with Crippen molar-refractivity contribution in [1.82, 2.24) is 14.7 Å². The second-order valence-electron chi connectivity index (χ2n) is 10.9. The molecule has 5 nitrogen and oxygen atoms in total. The van der Waals surface area contributed by atoms with Crippen LogP contribution in [0.5, 0.6) is 0 Å². The number of carbonyl (C=O) groups is 2. The van der Waals surface area contributed by atoms with Gasteiger partial charge in [0.25, 0.3) is 5.91 Å². The first kappa shape index (κ1) is 25.8. The van der Waals surface area contributed by atoms with Gasteiger partial charge in [0.2, 0.25) is 5.91 Å².